The molecule has 9 nitrogen and oxygen atoms in total. The largest absolute Gasteiger partial charge is 1.00 e. The zero-order valence-corrected chi connectivity index (χ0v) is 18.6. The molecule has 10 heteroatoms. The number of aromatic amines is 1. The fourth-order valence-electron chi connectivity index (χ4n) is 2.68. The Morgan fingerprint density at radius 1 is 1.00 bits per heavy atom. The lowest BCUT2D eigenvalue weighted by Gasteiger charge is -2.38. The molecule has 2 rings (SSSR count). The molecule has 1 aliphatic heterocycles. The summed E-state index contributed by atoms with van der Waals surface area (Å²) in [4.78, 5) is 43.2. The van der Waals surface area contributed by atoms with Crippen LogP contribution in [0.2, 0.25) is 0 Å². The van der Waals surface area contributed by atoms with E-state index in [1.807, 2.05) is 0 Å². The first-order chi connectivity index (χ1) is 12.0. The van der Waals surface area contributed by atoms with Crippen molar-refractivity contribution < 1.29 is 48.1 Å². The topological polar surface area (TPSA) is 98.0 Å². The van der Waals surface area contributed by atoms with Crippen LogP contribution in [0.15, 0.2) is 18.7 Å². The standard InChI is InChI=1S/C17H27N5O4.HI/c1-16(2,3)26-14(24)19-17(4,5)13(23)20-8-10-21(11-9-20)15(25)22-7-6-18-12-22;/h6-7,12H,8-11H2,1-5H3,(H,19,24);1H. The molecule has 27 heavy (non-hydrogen) atoms. The SMILES string of the molecule is CC(C)(C)OC(=O)NC(C)(C)C(=O)N1CCN(C(=O)n2cc[nH+]c2)CC1.[I-]. The van der Waals surface area contributed by atoms with Crippen molar-refractivity contribution in [3.63, 3.8) is 0 Å². The van der Waals surface area contributed by atoms with Crippen LogP contribution in [0.4, 0.5) is 9.59 Å². The number of nitrogens with one attached hydrogen (secondary N) is 2. The Kier molecular flexibility index (Phi) is 7.64. The quantitative estimate of drug-likeness (QED) is 0.470. The third-order valence-corrected chi connectivity index (χ3v) is 3.95. The van der Waals surface area contributed by atoms with E-state index in [1.54, 1.807) is 63.1 Å². The van der Waals surface area contributed by atoms with Crippen LogP contribution in [-0.4, -0.2) is 69.7 Å². The molecule has 0 bridgehead atoms. The molecule has 0 aromatic carbocycles. The smallest absolute Gasteiger partial charge is 0.415 e. The second-order valence-electron chi connectivity index (χ2n) is 7.83. The number of alkyl carbamates (subject to hydrolysis) is 1. The first kappa shape index (κ1) is 23.2. The second-order valence-corrected chi connectivity index (χ2v) is 7.83. The van der Waals surface area contributed by atoms with Crippen LogP contribution in [0.1, 0.15) is 34.6 Å². The first-order valence-corrected chi connectivity index (χ1v) is 8.63. The fraction of sp³-hybridized carbons (Fsp3) is 0.647. The van der Waals surface area contributed by atoms with Crippen molar-refractivity contribution in [1.82, 2.24) is 19.7 Å². The molecular weight excluding hydrogens is 465 g/mol. The van der Waals surface area contributed by atoms with Crippen LogP contribution in [0.25, 0.3) is 0 Å². The third kappa shape index (κ3) is 6.36. The van der Waals surface area contributed by atoms with Crippen LogP contribution >= 0.6 is 0 Å². The molecule has 1 aromatic rings. The molecule has 1 saturated heterocycles. The highest BCUT2D eigenvalue weighted by Gasteiger charge is 2.37. The number of hydrogen-bond acceptors (Lipinski definition) is 4. The number of carbonyl (C=O) groups is 3. The Balaban J connectivity index is 0.00000364. The van der Waals surface area contributed by atoms with E-state index < -0.39 is 17.2 Å². The van der Waals surface area contributed by atoms with Crippen molar-refractivity contribution >= 4 is 18.0 Å². The molecule has 3 amide bonds. The number of ether oxygens (including phenoxy) is 1. The van der Waals surface area contributed by atoms with Gasteiger partial charge in [0.25, 0.3) is 6.33 Å². The maximum atomic E-state index is 12.8. The molecule has 1 aliphatic rings. The summed E-state index contributed by atoms with van der Waals surface area (Å²) in [6, 6.07) is -0.135. The summed E-state index contributed by atoms with van der Waals surface area (Å²) in [6.45, 7) is 10.3. The van der Waals surface area contributed by atoms with Gasteiger partial charge in [-0.3, -0.25) is 4.79 Å². The van der Waals surface area contributed by atoms with Gasteiger partial charge in [-0.05, 0) is 34.6 Å². The van der Waals surface area contributed by atoms with E-state index in [4.69, 9.17) is 4.74 Å². The van der Waals surface area contributed by atoms with Crippen LogP contribution in [0, 0.1) is 0 Å². The summed E-state index contributed by atoms with van der Waals surface area (Å²) in [5.74, 6) is -0.204. The minimum Gasteiger partial charge on any atom is -1.00 e. The number of halogens is 1. The lowest BCUT2D eigenvalue weighted by Crippen LogP contribution is -3.00. The van der Waals surface area contributed by atoms with Crippen molar-refractivity contribution in [2.75, 3.05) is 26.2 Å². The average molecular weight is 493 g/mol. The molecule has 0 atom stereocenters. The van der Waals surface area contributed by atoms with Crippen molar-refractivity contribution in [3.8, 4) is 0 Å². The van der Waals surface area contributed by atoms with Gasteiger partial charge in [-0.1, -0.05) is 0 Å². The summed E-state index contributed by atoms with van der Waals surface area (Å²) < 4.78 is 6.69. The lowest BCUT2D eigenvalue weighted by atomic mass is 10.0. The minimum absolute atomic E-state index is 0. The highest BCUT2D eigenvalue weighted by molar-refractivity contribution is 5.89. The molecule has 0 aliphatic carbocycles. The van der Waals surface area contributed by atoms with Crippen molar-refractivity contribution in [3.05, 3.63) is 18.7 Å². The zero-order chi connectivity index (χ0) is 19.5. The molecule has 1 fully saturated rings. The van der Waals surface area contributed by atoms with Crippen molar-refractivity contribution in [2.24, 2.45) is 0 Å². The van der Waals surface area contributed by atoms with Gasteiger partial charge in [0.1, 0.15) is 23.5 Å². The van der Waals surface area contributed by atoms with E-state index in [9.17, 15) is 14.4 Å². The number of amides is 3. The van der Waals surface area contributed by atoms with Crippen molar-refractivity contribution in [1.29, 1.82) is 0 Å². The van der Waals surface area contributed by atoms with E-state index in [-0.39, 0.29) is 35.9 Å². The maximum Gasteiger partial charge on any atom is 0.415 e. The predicted molar refractivity (Wildman–Crippen MR) is 93.4 cm³/mol. The van der Waals surface area contributed by atoms with Gasteiger partial charge in [-0.2, -0.15) is 4.57 Å². The molecule has 0 unspecified atom stereocenters. The lowest BCUT2D eigenvalue weighted by molar-refractivity contribution is -0.376. The van der Waals surface area contributed by atoms with Gasteiger partial charge in [0.15, 0.2) is 0 Å². The second kappa shape index (κ2) is 8.89. The zero-order valence-electron chi connectivity index (χ0n) is 16.4. The number of nitrogens with zero attached hydrogens (tertiary/aromatic N) is 3. The highest BCUT2D eigenvalue weighted by atomic mass is 127. The number of aromatic nitrogens is 2. The third-order valence-electron chi connectivity index (χ3n) is 3.95. The number of imidazole rings is 1. The Morgan fingerprint density at radius 2 is 1.56 bits per heavy atom. The van der Waals surface area contributed by atoms with Crippen molar-refractivity contribution in [2.45, 2.75) is 45.8 Å². The summed E-state index contributed by atoms with van der Waals surface area (Å²) in [6.07, 6.45) is 4.26. The van der Waals surface area contributed by atoms with E-state index in [1.165, 1.54) is 4.57 Å². The van der Waals surface area contributed by atoms with Crippen LogP contribution in [0.5, 0.6) is 0 Å². The summed E-state index contributed by atoms with van der Waals surface area (Å²) in [5, 5.41) is 2.63. The molecule has 2 N–H and O–H groups in total. The van der Waals surface area contributed by atoms with E-state index in [0.717, 1.165) is 0 Å². The monoisotopic (exact) mass is 493 g/mol. The number of hydrogen-bond donors (Lipinski definition) is 1. The van der Waals surface area contributed by atoms with E-state index >= 15 is 0 Å². The number of rotatable bonds is 2. The Morgan fingerprint density at radius 3 is 2.04 bits per heavy atom. The summed E-state index contributed by atoms with van der Waals surface area (Å²) in [7, 11) is 0. The molecule has 2 heterocycles. The number of carbonyl (C=O) groups excluding carboxylic acids is 3. The van der Waals surface area contributed by atoms with Crippen LogP contribution < -0.4 is 34.3 Å². The Labute approximate surface area is 176 Å². The molecule has 0 spiro atoms. The van der Waals surface area contributed by atoms with Gasteiger partial charge < -0.3 is 43.8 Å². The van der Waals surface area contributed by atoms with Gasteiger partial charge in [-0.25, -0.2) is 14.6 Å². The molecule has 0 saturated carbocycles. The minimum atomic E-state index is -1.09. The molecule has 0 radical (unpaired) electrons. The van der Waals surface area contributed by atoms with Gasteiger partial charge in [0.05, 0.1) is 0 Å². The van der Waals surface area contributed by atoms with E-state index in [0.29, 0.717) is 26.2 Å². The van der Waals surface area contributed by atoms with Gasteiger partial charge >= 0.3 is 12.1 Å². The molecule has 1 aromatic heterocycles. The maximum absolute atomic E-state index is 12.8. The van der Waals surface area contributed by atoms with Gasteiger partial charge in [0.2, 0.25) is 5.91 Å². The highest BCUT2D eigenvalue weighted by Crippen LogP contribution is 2.14. The predicted octanol–water partition coefficient (Wildman–Crippen LogP) is -2.28. The van der Waals surface area contributed by atoms with E-state index in [2.05, 4.69) is 10.3 Å². The average Bonchev–Trinajstić information content (AvgIpc) is 3.05. The normalized spacial score (nSPS) is 15.0. The Hall–Kier alpha value is -1.85. The first-order valence-electron chi connectivity index (χ1n) is 8.63. The Bertz CT molecular complexity index is 661. The van der Waals surface area contributed by atoms with Crippen LogP contribution in [-0.2, 0) is 9.53 Å². The molecular formula is C17H28IN5O4. The fourth-order valence-corrected chi connectivity index (χ4v) is 2.68. The van der Waals surface area contributed by atoms with Gasteiger partial charge in [0, 0.05) is 26.2 Å². The summed E-state index contributed by atoms with van der Waals surface area (Å²) >= 11 is 0. The number of H-pyrrole nitrogens is 1. The van der Waals surface area contributed by atoms with Gasteiger partial charge in [-0.15, -0.1) is 0 Å². The summed E-state index contributed by atoms with van der Waals surface area (Å²) in [5.41, 5.74) is -1.73. The van der Waals surface area contributed by atoms with Crippen LogP contribution in [0.3, 0.4) is 0 Å². The molecule has 152 valence electrons. The number of piperazine rings is 1.